The summed E-state index contributed by atoms with van der Waals surface area (Å²) in [6.45, 7) is 4.55. The van der Waals surface area contributed by atoms with Gasteiger partial charge in [-0.25, -0.2) is 4.79 Å². The first kappa shape index (κ1) is 18.6. The van der Waals surface area contributed by atoms with Crippen LogP contribution in [0.1, 0.15) is 47.8 Å². The van der Waals surface area contributed by atoms with E-state index in [0.717, 1.165) is 6.42 Å². The van der Waals surface area contributed by atoms with Gasteiger partial charge in [0.25, 0.3) is 5.56 Å². The molecule has 0 amide bonds. The molecule has 132 valence electrons. The number of carbonyl (C=O) groups is 2. The molecule has 1 aromatic heterocycles. The zero-order valence-electron chi connectivity index (χ0n) is 14.3. The summed E-state index contributed by atoms with van der Waals surface area (Å²) in [5, 5.41) is 0. The van der Waals surface area contributed by atoms with Gasteiger partial charge in [-0.2, -0.15) is 11.8 Å². The van der Waals surface area contributed by atoms with E-state index >= 15 is 0 Å². The maximum absolute atomic E-state index is 12.5. The van der Waals surface area contributed by atoms with E-state index in [-0.39, 0.29) is 18.8 Å². The summed E-state index contributed by atoms with van der Waals surface area (Å²) in [6, 6.07) is 1.40. The molecule has 0 spiro atoms. The maximum Gasteiger partial charge on any atom is 0.340 e. The largest absolute Gasteiger partial charge is 0.465 e. The van der Waals surface area contributed by atoms with Crippen LogP contribution in [0, 0.1) is 0 Å². The molecule has 0 radical (unpaired) electrons. The molecule has 1 aliphatic heterocycles. The number of carbonyl (C=O) groups excluding carboxylic acids is 2. The van der Waals surface area contributed by atoms with Crippen molar-refractivity contribution in [3.05, 3.63) is 33.2 Å². The first-order chi connectivity index (χ1) is 11.5. The fraction of sp³-hybridized carbons (Fsp3) is 0.588. The first-order valence-corrected chi connectivity index (χ1v) is 9.53. The fourth-order valence-electron chi connectivity index (χ4n) is 3.04. The SMILES string of the molecule is CCOC(=O)c1c(C(CSC)C(=O)OCC)cc(=O)n2c1CCC2. The van der Waals surface area contributed by atoms with Crippen molar-refractivity contribution >= 4 is 23.7 Å². The molecule has 6 nitrogen and oxygen atoms in total. The van der Waals surface area contributed by atoms with Crippen LogP contribution in [0.3, 0.4) is 0 Å². The average Bonchev–Trinajstić information content (AvgIpc) is 3.02. The highest BCUT2D eigenvalue weighted by molar-refractivity contribution is 7.98. The second-order valence-corrected chi connectivity index (χ2v) is 6.41. The van der Waals surface area contributed by atoms with Gasteiger partial charge in [-0.05, 0) is 38.5 Å². The minimum absolute atomic E-state index is 0.180. The molecular formula is C17H23NO5S. The highest BCUT2D eigenvalue weighted by Gasteiger charge is 2.32. The minimum atomic E-state index is -0.654. The van der Waals surface area contributed by atoms with E-state index in [1.54, 1.807) is 18.4 Å². The lowest BCUT2D eigenvalue weighted by atomic mass is 9.94. The predicted octanol–water partition coefficient (Wildman–Crippen LogP) is 1.98. The molecule has 24 heavy (non-hydrogen) atoms. The molecule has 1 unspecified atom stereocenters. The number of fused-ring (bicyclic) bond motifs is 1. The summed E-state index contributed by atoms with van der Waals surface area (Å²) >= 11 is 1.47. The van der Waals surface area contributed by atoms with Gasteiger partial charge in [0, 0.05) is 24.1 Å². The smallest absolute Gasteiger partial charge is 0.340 e. The van der Waals surface area contributed by atoms with Gasteiger partial charge in [0.15, 0.2) is 0 Å². The van der Waals surface area contributed by atoms with E-state index in [4.69, 9.17) is 9.47 Å². The van der Waals surface area contributed by atoms with Gasteiger partial charge in [0.1, 0.15) is 0 Å². The standard InChI is InChI=1S/C17H23NO5S/c1-4-22-16(20)12(10-24-3)11-9-14(19)18-8-6-7-13(18)15(11)17(21)23-5-2/h9,12H,4-8,10H2,1-3H3. The highest BCUT2D eigenvalue weighted by Crippen LogP contribution is 2.29. The third-order valence-corrected chi connectivity index (χ3v) is 4.67. The maximum atomic E-state index is 12.5. The number of hydrogen-bond donors (Lipinski definition) is 0. The molecule has 7 heteroatoms. The van der Waals surface area contributed by atoms with E-state index in [9.17, 15) is 14.4 Å². The Morgan fingerprint density at radius 3 is 2.62 bits per heavy atom. The van der Waals surface area contributed by atoms with Crippen molar-refractivity contribution in [1.82, 2.24) is 4.57 Å². The molecule has 2 heterocycles. The number of esters is 2. The molecule has 0 aromatic carbocycles. The van der Waals surface area contributed by atoms with Crippen molar-refractivity contribution in [2.75, 3.05) is 25.2 Å². The van der Waals surface area contributed by atoms with Gasteiger partial charge in [0.2, 0.25) is 0 Å². The Morgan fingerprint density at radius 2 is 2.00 bits per heavy atom. The number of pyridine rings is 1. The van der Waals surface area contributed by atoms with Crippen LogP contribution in [0.25, 0.3) is 0 Å². The molecule has 0 N–H and O–H groups in total. The van der Waals surface area contributed by atoms with E-state index in [2.05, 4.69) is 0 Å². The van der Waals surface area contributed by atoms with Crippen molar-refractivity contribution in [1.29, 1.82) is 0 Å². The average molecular weight is 353 g/mol. The van der Waals surface area contributed by atoms with Crippen molar-refractivity contribution < 1.29 is 19.1 Å². The van der Waals surface area contributed by atoms with Crippen LogP contribution in [0.4, 0.5) is 0 Å². The van der Waals surface area contributed by atoms with Crippen molar-refractivity contribution in [3.8, 4) is 0 Å². The molecule has 1 atom stereocenters. The lowest BCUT2D eigenvalue weighted by molar-refractivity contribution is -0.144. The predicted molar refractivity (Wildman–Crippen MR) is 92.7 cm³/mol. The van der Waals surface area contributed by atoms with Gasteiger partial charge >= 0.3 is 11.9 Å². The summed E-state index contributed by atoms with van der Waals surface area (Å²) in [5.41, 5.74) is 1.28. The van der Waals surface area contributed by atoms with Gasteiger partial charge in [-0.3, -0.25) is 9.59 Å². The van der Waals surface area contributed by atoms with Crippen LogP contribution in [0.5, 0.6) is 0 Å². The van der Waals surface area contributed by atoms with Crippen molar-refractivity contribution in [2.45, 2.75) is 39.2 Å². The Hall–Kier alpha value is -1.76. The Bertz CT molecular complexity index is 682. The zero-order valence-corrected chi connectivity index (χ0v) is 15.1. The third-order valence-electron chi connectivity index (χ3n) is 4.00. The van der Waals surface area contributed by atoms with Crippen LogP contribution in [0.2, 0.25) is 0 Å². The number of hydrogen-bond acceptors (Lipinski definition) is 6. The molecule has 0 aliphatic carbocycles. The number of thioether (sulfide) groups is 1. The third kappa shape index (κ3) is 3.66. The van der Waals surface area contributed by atoms with Crippen LogP contribution < -0.4 is 5.56 Å². The van der Waals surface area contributed by atoms with E-state index in [0.29, 0.717) is 35.5 Å². The Morgan fingerprint density at radius 1 is 1.29 bits per heavy atom. The number of rotatable bonds is 7. The van der Waals surface area contributed by atoms with Gasteiger partial charge in [-0.15, -0.1) is 0 Å². The van der Waals surface area contributed by atoms with Crippen LogP contribution in [-0.4, -0.2) is 41.7 Å². The fourth-order valence-corrected chi connectivity index (χ4v) is 3.68. The number of nitrogens with zero attached hydrogens (tertiary/aromatic N) is 1. The second kappa shape index (κ2) is 8.37. The summed E-state index contributed by atoms with van der Waals surface area (Å²) < 4.78 is 11.9. The molecule has 0 saturated heterocycles. The molecule has 2 rings (SSSR count). The van der Waals surface area contributed by atoms with Crippen LogP contribution in [0.15, 0.2) is 10.9 Å². The van der Waals surface area contributed by atoms with Gasteiger partial charge in [0.05, 0.1) is 24.7 Å². The minimum Gasteiger partial charge on any atom is -0.465 e. The normalized spacial score (nSPS) is 14.1. The summed E-state index contributed by atoms with van der Waals surface area (Å²) in [7, 11) is 0. The second-order valence-electron chi connectivity index (χ2n) is 5.50. The van der Waals surface area contributed by atoms with E-state index < -0.39 is 17.9 Å². The first-order valence-electron chi connectivity index (χ1n) is 8.14. The number of ether oxygens (including phenoxy) is 2. The highest BCUT2D eigenvalue weighted by atomic mass is 32.2. The van der Waals surface area contributed by atoms with Crippen LogP contribution in [-0.2, 0) is 27.2 Å². The summed E-state index contributed by atoms with van der Waals surface area (Å²) in [4.78, 5) is 37.3. The van der Waals surface area contributed by atoms with Crippen LogP contribution >= 0.6 is 11.8 Å². The lowest BCUT2D eigenvalue weighted by Gasteiger charge is -2.20. The molecule has 1 aliphatic rings. The van der Waals surface area contributed by atoms with Gasteiger partial charge < -0.3 is 14.0 Å². The summed E-state index contributed by atoms with van der Waals surface area (Å²) in [6.07, 6.45) is 3.31. The summed E-state index contributed by atoms with van der Waals surface area (Å²) in [5.74, 6) is -1.11. The number of aromatic nitrogens is 1. The van der Waals surface area contributed by atoms with E-state index in [1.165, 1.54) is 17.8 Å². The Balaban J connectivity index is 2.62. The van der Waals surface area contributed by atoms with E-state index in [1.807, 2.05) is 6.26 Å². The quantitative estimate of drug-likeness (QED) is 0.698. The molecular weight excluding hydrogens is 330 g/mol. The molecule has 0 fully saturated rings. The zero-order chi connectivity index (χ0) is 17.7. The van der Waals surface area contributed by atoms with Crippen molar-refractivity contribution in [3.63, 3.8) is 0 Å². The topological polar surface area (TPSA) is 74.6 Å². The monoisotopic (exact) mass is 353 g/mol. The lowest BCUT2D eigenvalue weighted by Crippen LogP contribution is -2.29. The van der Waals surface area contributed by atoms with Gasteiger partial charge in [-0.1, -0.05) is 0 Å². The Labute approximate surface area is 145 Å². The molecule has 0 bridgehead atoms. The van der Waals surface area contributed by atoms with Crippen molar-refractivity contribution in [2.24, 2.45) is 0 Å². The molecule has 1 aromatic rings. The molecule has 0 saturated carbocycles. The Kier molecular flexibility index (Phi) is 6.48.